The summed E-state index contributed by atoms with van der Waals surface area (Å²) in [5.41, 5.74) is 2.67. The normalized spacial score (nSPS) is 15.9. The van der Waals surface area contributed by atoms with E-state index in [-0.39, 0.29) is 18.7 Å². The molecule has 1 aliphatic heterocycles. The Hall–Kier alpha value is -2.38. The molecule has 0 saturated heterocycles. The largest absolute Gasteiger partial charge is 0.454 e. The third-order valence-electron chi connectivity index (χ3n) is 5.31. The molecule has 2 aliphatic rings. The van der Waals surface area contributed by atoms with Crippen LogP contribution in [0.3, 0.4) is 0 Å². The summed E-state index contributed by atoms with van der Waals surface area (Å²) < 4.78 is 10.9. The van der Waals surface area contributed by atoms with Crippen LogP contribution in [0.15, 0.2) is 40.4 Å². The molecule has 1 aliphatic carbocycles. The van der Waals surface area contributed by atoms with E-state index in [1.54, 1.807) is 11.3 Å². The van der Waals surface area contributed by atoms with Crippen molar-refractivity contribution >= 4 is 28.6 Å². The van der Waals surface area contributed by atoms with Crippen molar-refractivity contribution in [3.8, 4) is 22.1 Å². The molecule has 7 heteroatoms. The fraction of sp³-hybridized carbons (Fsp3) is 0.333. The molecule has 0 unspecified atom stereocenters. The summed E-state index contributed by atoms with van der Waals surface area (Å²) in [4.78, 5) is 20.0. The lowest BCUT2D eigenvalue weighted by atomic mass is 10.1. The van der Waals surface area contributed by atoms with Crippen LogP contribution in [0.1, 0.15) is 41.7 Å². The van der Waals surface area contributed by atoms with E-state index in [0.29, 0.717) is 12.2 Å². The zero-order valence-electron chi connectivity index (χ0n) is 15.3. The third-order valence-corrected chi connectivity index (χ3v) is 6.88. The fourth-order valence-corrected chi connectivity index (χ4v) is 5.36. The number of benzene rings is 1. The highest BCUT2D eigenvalue weighted by Crippen LogP contribution is 2.34. The summed E-state index contributed by atoms with van der Waals surface area (Å²) in [6, 6.07) is 8.23. The molecule has 0 spiro atoms. The van der Waals surface area contributed by atoms with Crippen LogP contribution in [-0.2, 0) is 6.54 Å². The van der Waals surface area contributed by atoms with Gasteiger partial charge >= 0.3 is 0 Å². The Morgan fingerprint density at radius 3 is 2.82 bits per heavy atom. The van der Waals surface area contributed by atoms with E-state index in [2.05, 4.69) is 10.4 Å². The predicted molar refractivity (Wildman–Crippen MR) is 110 cm³/mol. The molecule has 1 saturated carbocycles. The van der Waals surface area contributed by atoms with Crippen molar-refractivity contribution in [3.63, 3.8) is 0 Å². The van der Waals surface area contributed by atoms with E-state index in [0.717, 1.165) is 40.5 Å². The summed E-state index contributed by atoms with van der Waals surface area (Å²) in [6.45, 7) is 0.819. The number of carbonyl (C=O) groups is 1. The molecule has 5 rings (SSSR count). The molecule has 1 amide bonds. The Kier molecular flexibility index (Phi) is 4.78. The maximum Gasteiger partial charge on any atom is 0.273 e. The molecule has 0 bridgehead atoms. The van der Waals surface area contributed by atoms with Gasteiger partial charge in [-0.15, -0.1) is 11.3 Å². The van der Waals surface area contributed by atoms with Gasteiger partial charge in [0.15, 0.2) is 11.5 Å². The van der Waals surface area contributed by atoms with Crippen molar-refractivity contribution in [2.75, 3.05) is 6.79 Å². The fourth-order valence-electron chi connectivity index (χ4n) is 3.86. The molecule has 0 N–H and O–H groups in total. The average molecular weight is 413 g/mol. The minimum Gasteiger partial charge on any atom is -0.454 e. The maximum absolute atomic E-state index is 13.4. The van der Waals surface area contributed by atoms with Gasteiger partial charge in [0.25, 0.3) is 5.91 Å². The molecule has 0 atom stereocenters. The Morgan fingerprint density at radius 1 is 1.14 bits per heavy atom. The van der Waals surface area contributed by atoms with E-state index >= 15 is 0 Å². The standard InChI is InChI=1S/C21H20N2O3S2/c24-21(17-12-28-20(22-17)15-7-8-27-11-15)23(16-3-1-2-4-16)10-14-5-6-18-19(9-14)26-13-25-18/h5-9,11-12,16H,1-4,10,13H2. The molecule has 3 aromatic rings. The quantitative estimate of drug-likeness (QED) is 0.579. The monoisotopic (exact) mass is 412 g/mol. The lowest BCUT2D eigenvalue weighted by Crippen LogP contribution is -2.38. The van der Waals surface area contributed by atoms with Gasteiger partial charge in [-0.3, -0.25) is 4.79 Å². The first kappa shape index (κ1) is 17.7. The van der Waals surface area contributed by atoms with Crippen molar-refractivity contribution in [1.29, 1.82) is 0 Å². The topological polar surface area (TPSA) is 51.7 Å². The first-order valence-corrected chi connectivity index (χ1v) is 11.3. The van der Waals surface area contributed by atoms with Gasteiger partial charge in [0.2, 0.25) is 6.79 Å². The number of carbonyl (C=O) groups excluding carboxylic acids is 1. The first-order chi connectivity index (χ1) is 13.8. The number of ether oxygens (including phenoxy) is 2. The highest BCUT2D eigenvalue weighted by molar-refractivity contribution is 7.14. The summed E-state index contributed by atoms with van der Waals surface area (Å²) in [7, 11) is 0. The summed E-state index contributed by atoms with van der Waals surface area (Å²) >= 11 is 3.17. The smallest absolute Gasteiger partial charge is 0.273 e. The van der Waals surface area contributed by atoms with Crippen LogP contribution in [-0.4, -0.2) is 28.6 Å². The minimum atomic E-state index is 0.0160. The van der Waals surface area contributed by atoms with Crippen molar-refractivity contribution < 1.29 is 14.3 Å². The Bertz CT molecular complexity index is 977. The van der Waals surface area contributed by atoms with Crippen LogP contribution in [0, 0.1) is 0 Å². The summed E-state index contributed by atoms with van der Waals surface area (Å²) in [5, 5.41) is 6.88. The summed E-state index contributed by atoms with van der Waals surface area (Å²) in [6.07, 6.45) is 4.45. The van der Waals surface area contributed by atoms with Crippen LogP contribution in [0.25, 0.3) is 10.6 Å². The van der Waals surface area contributed by atoms with Crippen molar-refractivity contribution in [1.82, 2.24) is 9.88 Å². The zero-order valence-corrected chi connectivity index (χ0v) is 16.9. The van der Waals surface area contributed by atoms with Gasteiger partial charge < -0.3 is 14.4 Å². The van der Waals surface area contributed by atoms with Gasteiger partial charge in [-0.05, 0) is 42.0 Å². The Balaban J connectivity index is 1.41. The molecule has 1 aromatic carbocycles. The first-order valence-electron chi connectivity index (χ1n) is 9.45. The molecule has 28 heavy (non-hydrogen) atoms. The van der Waals surface area contributed by atoms with E-state index in [1.807, 2.05) is 39.9 Å². The van der Waals surface area contributed by atoms with Crippen LogP contribution in [0.2, 0.25) is 0 Å². The maximum atomic E-state index is 13.4. The third kappa shape index (κ3) is 3.40. The molecule has 3 heterocycles. The van der Waals surface area contributed by atoms with Crippen molar-refractivity contribution in [3.05, 3.63) is 51.7 Å². The van der Waals surface area contributed by atoms with E-state index in [1.165, 1.54) is 24.2 Å². The average Bonchev–Trinajstić information content (AvgIpc) is 3.50. The predicted octanol–water partition coefficient (Wildman–Crippen LogP) is 5.19. The van der Waals surface area contributed by atoms with Crippen LogP contribution in [0.5, 0.6) is 11.5 Å². The Morgan fingerprint density at radius 2 is 2.00 bits per heavy atom. The molecule has 2 aromatic heterocycles. The minimum absolute atomic E-state index is 0.0160. The number of aromatic nitrogens is 1. The van der Waals surface area contributed by atoms with Gasteiger partial charge in [0.05, 0.1) is 0 Å². The second-order valence-electron chi connectivity index (χ2n) is 7.11. The van der Waals surface area contributed by atoms with Crippen molar-refractivity contribution in [2.24, 2.45) is 0 Å². The van der Waals surface area contributed by atoms with E-state index in [9.17, 15) is 4.79 Å². The van der Waals surface area contributed by atoms with Gasteiger partial charge in [0.1, 0.15) is 10.7 Å². The second-order valence-corrected chi connectivity index (χ2v) is 8.75. The number of hydrogen-bond donors (Lipinski definition) is 0. The summed E-state index contributed by atoms with van der Waals surface area (Å²) in [5.74, 6) is 1.54. The second kappa shape index (κ2) is 7.56. The number of fused-ring (bicyclic) bond motifs is 1. The number of rotatable bonds is 5. The molecule has 1 fully saturated rings. The number of thiophene rings is 1. The molecular weight excluding hydrogens is 392 g/mol. The number of nitrogens with zero attached hydrogens (tertiary/aromatic N) is 2. The lowest BCUT2D eigenvalue weighted by Gasteiger charge is -2.28. The van der Waals surface area contributed by atoms with Gasteiger partial charge in [-0.1, -0.05) is 18.9 Å². The highest BCUT2D eigenvalue weighted by atomic mass is 32.1. The zero-order chi connectivity index (χ0) is 18.9. The van der Waals surface area contributed by atoms with Crippen LogP contribution in [0.4, 0.5) is 0 Å². The molecular formula is C21H20N2O3S2. The SMILES string of the molecule is O=C(c1csc(-c2ccsc2)n1)N(Cc1ccc2c(c1)OCO2)C1CCCC1. The molecule has 0 radical (unpaired) electrons. The van der Waals surface area contributed by atoms with E-state index < -0.39 is 0 Å². The lowest BCUT2D eigenvalue weighted by molar-refractivity contribution is 0.0659. The van der Waals surface area contributed by atoms with Gasteiger partial charge in [0, 0.05) is 28.9 Å². The van der Waals surface area contributed by atoms with Crippen LogP contribution < -0.4 is 9.47 Å². The van der Waals surface area contributed by atoms with Crippen molar-refractivity contribution in [2.45, 2.75) is 38.3 Å². The van der Waals surface area contributed by atoms with E-state index in [4.69, 9.17) is 9.47 Å². The Labute approximate surface area is 171 Å². The number of amides is 1. The van der Waals surface area contributed by atoms with Gasteiger partial charge in [-0.2, -0.15) is 11.3 Å². The highest BCUT2D eigenvalue weighted by Gasteiger charge is 2.29. The molecule has 144 valence electrons. The number of hydrogen-bond acceptors (Lipinski definition) is 6. The molecule has 5 nitrogen and oxygen atoms in total. The number of thiazole rings is 1. The van der Waals surface area contributed by atoms with Gasteiger partial charge in [-0.25, -0.2) is 4.98 Å². The van der Waals surface area contributed by atoms with Crippen LogP contribution >= 0.6 is 22.7 Å².